The largest absolute Gasteiger partial charge is 0.493 e. The number of amides is 1. The van der Waals surface area contributed by atoms with Crippen LogP contribution < -0.4 is 9.47 Å². The molecule has 0 N–H and O–H groups in total. The number of aliphatic imine (C=N–C) groups is 1. The molecule has 2 aliphatic heterocycles. The lowest BCUT2D eigenvalue weighted by Gasteiger charge is -2.39. The molecule has 0 saturated carbocycles. The summed E-state index contributed by atoms with van der Waals surface area (Å²) < 4.78 is 16.7. The molecule has 3 rings (SSSR count). The summed E-state index contributed by atoms with van der Waals surface area (Å²) in [5.74, 6) is 1.35. The highest BCUT2D eigenvalue weighted by Gasteiger charge is 2.41. The molecule has 0 aromatic heterocycles. The minimum absolute atomic E-state index is 0.0611. The molecular weight excluding hydrogens is 404 g/mol. The molecule has 2 heterocycles. The summed E-state index contributed by atoms with van der Waals surface area (Å²) in [7, 11) is 1.58. The number of esters is 1. The molecule has 1 fully saturated rings. The number of amidine groups is 1. The van der Waals surface area contributed by atoms with Gasteiger partial charge in [0.05, 0.1) is 37.6 Å². The summed E-state index contributed by atoms with van der Waals surface area (Å²) in [5.41, 5.74) is 1.69. The van der Waals surface area contributed by atoms with Crippen LogP contribution in [0.5, 0.6) is 11.5 Å². The first-order chi connectivity index (χ1) is 14.5. The highest BCUT2D eigenvalue weighted by atomic mass is 32.2. The van der Waals surface area contributed by atoms with E-state index in [0.29, 0.717) is 46.7 Å². The fraction of sp³-hybridized carbons (Fsp3) is 0.500. The van der Waals surface area contributed by atoms with E-state index in [0.717, 1.165) is 18.4 Å². The number of hydrogen-bond donors (Lipinski definition) is 0. The number of ether oxygens (including phenoxy) is 3. The Morgan fingerprint density at radius 3 is 2.80 bits per heavy atom. The van der Waals surface area contributed by atoms with Crippen molar-refractivity contribution in [2.75, 3.05) is 26.1 Å². The minimum Gasteiger partial charge on any atom is -0.493 e. The first-order valence-corrected chi connectivity index (χ1v) is 11.2. The van der Waals surface area contributed by atoms with Crippen molar-refractivity contribution in [1.29, 1.82) is 0 Å². The molecule has 1 aromatic rings. The fourth-order valence-electron chi connectivity index (χ4n) is 3.48. The zero-order valence-corrected chi connectivity index (χ0v) is 18.7. The Bertz CT molecular complexity index is 880. The second kappa shape index (κ2) is 10.0. The lowest BCUT2D eigenvalue weighted by atomic mass is 9.94. The Morgan fingerprint density at radius 1 is 1.30 bits per heavy atom. The number of hydrogen-bond acceptors (Lipinski definition) is 7. The number of carbonyl (C=O) groups excluding carboxylic acids is 2. The topological polar surface area (TPSA) is 77.4 Å². The van der Waals surface area contributed by atoms with Crippen LogP contribution in [0.4, 0.5) is 0 Å². The molecular formula is C22H28N2O5S. The molecule has 0 unspecified atom stereocenters. The monoisotopic (exact) mass is 432 g/mol. The smallest absolute Gasteiger partial charge is 0.338 e. The SMILES string of the molecule is CCCCOc1ccc([C@H]2C(C(=O)OCC)=C(C)N=C3SCCC(=O)N32)cc1OC. The van der Waals surface area contributed by atoms with E-state index in [-0.39, 0.29) is 12.5 Å². The average Bonchev–Trinajstić information content (AvgIpc) is 2.73. The Balaban J connectivity index is 2.06. The number of carbonyl (C=O) groups is 2. The van der Waals surface area contributed by atoms with Gasteiger partial charge in [0.1, 0.15) is 0 Å². The molecule has 7 nitrogen and oxygen atoms in total. The predicted molar refractivity (Wildman–Crippen MR) is 117 cm³/mol. The molecule has 8 heteroatoms. The van der Waals surface area contributed by atoms with Gasteiger partial charge >= 0.3 is 5.97 Å². The molecule has 1 amide bonds. The Morgan fingerprint density at radius 2 is 2.10 bits per heavy atom. The Hall–Kier alpha value is -2.48. The van der Waals surface area contributed by atoms with Crippen molar-refractivity contribution in [2.24, 2.45) is 4.99 Å². The van der Waals surface area contributed by atoms with Gasteiger partial charge < -0.3 is 14.2 Å². The van der Waals surface area contributed by atoms with E-state index in [1.807, 2.05) is 18.2 Å². The number of nitrogens with zero attached hydrogens (tertiary/aromatic N) is 2. The fourth-order valence-corrected chi connectivity index (χ4v) is 4.49. The summed E-state index contributed by atoms with van der Waals surface area (Å²) in [4.78, 5) is 31.8. The van der Waals surface area contributed by atoms with Crippen molar-refractivity contribution in [3.8, 4) is 11.5 Å². The van der Waals surface area contributed by atoms with Gasteiger partial charge in [-0.25, -0.2) is 9.79 Å². The maximum absolute atomic E-state index is 12.8. The number of allylic oxidation sites excluding steroid dienone is 1. The van der Waals surface area contributed by atoms with Gasteiger partial charge in [0, 0.05) is 12.2 Å². The first kappa shape index (κ1) is 22.2. The van der Waals surface area contributed by atoms with Crippen LogP contribution in [0.1, 0.15) is 51.6 Å². The number of fused-ring (bicyclic) bond motifs is 1. The molecule has 2 aliphatic rings. The minimum atomic E-state index is -0.615. The van der Waals surface area contributed by atoms with Crippen molar-refractivity contribution in [1.82, 2.24) is 4.90 Å². The maximum atomic E-state index is 12.8. The van der Waals surface area contributed by atoms with E-state index >= 15 is 0 Å². The van der Waals surface area contributed by atoms with Crippen LogP contribution in [-0.2, 0) is 14.3 Å². The molecule has 0 aliphatic carbocycles. The molecule has 30 heavy (non-hydrogen) atoms. The van der Waals surface area contributed by atoms with Gasteiger partial charge in [-0.05, 0) is 38.0 Å². The average molecular weight is 433 g/mol. The van der Waals surface area contributed by atoms with E-state index in [4.69, 9.17) is 14.2 Å². The second-order valence-corrected chi connectivity index (χ2v) is 8.05. The molecule has 1 atom stereocenters. The third-order valence-corrected chi connectivity index (χ3v) is 5.92. The van der Waals surface area contributed by atoms with Gasteiger partial charge in [-0.3, -0.25) is 9.69 Å². The quantitative estimate of drug-likeness (QED) is 0.455. The Labute approximate surface area is 181 Å². The van der Waals surface area contributed by atoms with Crippen molar-refractivity contribution in [2.45, 2.75) is 46.1 Å². The molecule has 0 radical (unpaired) electrons. The molecule has 1 saturated heterocycles. The van der Waals surface area contributed by atoms with E-state index in [1.54, 1.807) is 25.9 Å². The third kappa shape index (κ3) is 4.48. The van der Waals surface area contributed by atoms with Crippen LogP contribution in [0.25, 0.3) is 0 Å². The van der Waals surface area contributed by atoms with E-state index in [2.05, 4.69) is 11.9 Å². The van der Waals surface area contributed by atoms with E-state index in [1.165, 1.54) is 11.8 Å². The van der Waals surface area contributed by atoms with E-state index in [9.17, 15) is 9.59 Å². The van der Waals surface area contributed by atoms with Crippen LogP contribution in [0.3, 0.4) is 0 Å². The van der Waals surface area contributed by atoms with Crippen LogP contribution in [0.15, 0.2) is 34.5 Å². The van der Waals surface area contributed by atoms with Crippen molar-refractivity contribution in [3.63, 3.8) is 0 Å². The maximum Gasteiger partial charge on any atom is 0.338 e. The van der Waals surface area contributed by atoms with Crippen LogP contribution in [0.2, 0.25) is 0 Å². The summed E-state index contributed by atoms with van der Waals surface area (Å²) in [6.07, 6.45) is 2.37. The highest BCUT2D eigenvalue weighted by molar-refractivity contribution is 8.14. The number of rotatable bonds is 8. The number of unbranched alkanes of at least 4 members (excludes halogenated alkanes) is 1. The van der Waals surface area contributed by atoms with Crippen LogP contribution in [0, 0.1) is 0 Å². The summed E-state index contributed by atoms with van der Waals surface area (Å²) in [6.45, 7) is 6.48. The van der Waals surface area contributed by atoms with Gasteiger partial charge in [-0.1, -0.05) is 31.2 Å². The third-order valence-electron chi connectivity index (χ3n) is 4.96. The van der Waals surface area contributed by atoms with Crippen molar-refractivity contribution < 1.29 is 23.8 Å². The van der Waals surface area contributed by atoms with Gasteiger partial charge in [-0.15, -0.1) is 0 Å². The van der Waals surface area contributed by atoms with Crippen molar-refractivity contribution in [3.05, 3.63) is 35.0 Å². The number of thioether (sulfide) groups is 1. The van der Waals surface area contributed by atoms with Gasteiger partial charge in [0.2, 0.25) is 5.91 Å². The molecule has 0 bridgehead atoms. The van der Waals surface area contributed by atoms with Gasteiger partial charge in [-0.2, -0.15) is 0 Å². The molecule has 1 aromatic carbocycles. The van der Waals surface area contributed by atoms with Gasteiger partial charge in [0.15, 0.2) is 16.7 Å². The number of benzene rings is 1. The van der Waals surface area contributed by atoms with E-state index < -0.39 is 12.0 Å². The zero-order valence-electron chi connectivity index (χ0n) is 17.9. The standard InChI is InChI=1S/C22H28N2O5S/c1-5-7-11-29-16-9-8-15(13-17(16)27-4)20-19(21(26)28-6-2)14(3)23-22-24(20)18(25)10-12-30-22/h8-9,13,20H,5-7,10-12H2,1-4H3/t20-/m0/s1. The lowest BCUT2D eigenvalue weighted by molar-refractivity contribution is -0.139. The predicted octanol–water partition coefficient (Wildman–Crippen LogP) is 4.09. The summed E-state index contributed by atoms with van der Waals surface area (Å²) in [6, 6.07) is 4.91. The lowest BCUT2D eigenvalue weighted by Crippen LogP contribution is -2.45. The molecule has 0 spiro atoms. The first-order valence-electron chi connectivity index (χ1n) is 10.2. The zero-order chi connectivity index (χ0) is 21.7. The second-order valence-electron chi connectivity index (χ2n) is 6.99. The number of methoxy groups -OCH3 is 1. The van der Waals surface area contributed by atoms with Crippen molar-refractivity contribution >= 4 is 28.8 Å². The van der Waals surface area contributed by atoms with Crippen LogP contribution >= 0.6 is 11.8 Å². The summed E-state index contributed by atoms with van der Waals surface area (Å²) >= 11 is 1.52. The highest BCUT2D eigenvalue weighted by Crippen LogP contribution is 2.42. The van der Waals surface area contributed by atoms with Crippen LogP contribution in [-0.4, -0.2) is 48.0 Å². The van der Waals surface area contributed by atoms with Gasteiger partial charge in [0.25, 0.3) is 0 Å². The Kier molecular flexibility index (Phi) is 7.42. The normalized spacial score (nSPS) is 18.7. The molecule has 162 valence electrons. The summed E-state index contributed by atoms with van der Waals surface area (Å²) in [5, 5.41) is 0.615.